The summed E-state index contributed by atoms with van der Waals surface area (Å²) in [6.45, 7) is 6.73. The Labute approximate surface area is 128 Å². The van der Waals surface area contributed by atoms with Crippen molar-refractivity contribution in [3.63, 3.8) is 0 Å². The fraction of sp³-hybridized carbons (Fsp3) is 0.667. The Balaban J connectivity index is 1.46. The van der Waals surface area contributed by atoms with Crippen LogP contribution in [-0.4, -0.2) is 43.9 Å². The van der Waals surface area contributed by atoms with E-state index in [4.69, 9.17) is 0 Å². The Morgan fingerprint density at radius 2 is 1.76 bits per heavy atom. The molecule has 3 rings (SSSR count). The molecule has 3 N–H and O–H groups in total. The lowest BCUT2D eigenvalue weighted by Crippen LogP contribution is -3.21. The predicted octanol–water partition coefficient (Wildman–Crippen LogP) is -0.479. The third-order valence-electron chi connectivity index (χ3n) is 5.49. The highest BCUT2D eigenvalue weighted by Crippen LogP contribution is 2.08. The van der Waals surface area contributed by atoms with E-state index in [0.717, 1.165) is 6.04 Å². The third kappa shape index (κ3) is 4.06. The van der Waals surface area contributed by atoms with Crippen molar-refractivity contribution < 1.29 is 14.9 Å². The van der Waals surface area contributed by atoms with Crippen molar-refractivity contribution >= 4 is 0 Å². The Morgan fingerprint density at radius 3 is 2.48 bits per heavy atom. The fourth-order valence-electron chi connectivity index (χ4n) is 4.21. The van der Waals surface area contributed by atoms with Gasteiger partial charge in [-0.05, 0) is 12.8 Å². The third-order valence-corrected chi connectivity index (χ3v) is 5.49. The zero-order valence-corrected chi connectivity index (χ0v) is 13.1. The molecule has 2 atom stereocenters. The van der Waals surface area contributed by atoms with Crippen LogP contribution in [0.3, 0.4) is 0 Å². The van der Waals surface area contributed by atoms with Gasteiger partial charge >= 0.3 is 0 Å². The number of likely N-dealkylation sites (tertiary alicyclic amines) is 2. The maximum Gasteiger partial charge on any atom is 0.103 e. The Morgan fingerprint density at radius 1 is 1.00 bits per heavy atom. The second-order valence-corrected chi connectivity index (χ2v) is 6.99. The number of aliphatic hydroxyl groups is 1. The van der Waals surface area contributed by atoms with Gasteiger partial charge in [-0.1, -0.05) is 30.3 Å². The second-order valence-electron chi connectivity index (χ2n) is 6.99. The number of hydrogen-bond acceptors (Lipinski definition) is 1. The average molecular weight is 290 g/mol. The first-order valence-corrected chi connectivity index (χ1v) is 8.68. The molecule has 0 spiro atoms. The van der Waals surface area contributed by atoms with Gasteiger partial charge in [0.25, 0.3) is 0 Å². The van der Waals surface area contributed by atoms with E-state index in [0.29, 0.717) is 12.5 Å². The highest BCUT2D eigenvalue weighted by Gasteiger charge is 2.33. The standard InChI is InChI=1S/C18H28N2O/c21-15-17-7-4-10-20(14-17)18-8-11-19(12-9-18)13-16-5-2-1-3-6-16/h1-3,5-6,17-18,21H,4,7-15H2/p+2/t17-/m0/s1. The summed E-state index contributed by atoms with van der Waals surface area (Å²) in [5, 5.41) is 9.40. The number of quaternary nitrogens is 2. The summed E-state index contributed by atoms with van der Waals surface area (Å²) >= 11 is 0. The van der Waals surface area contributed by atoms with Gasteiger partial charge in [-0.25, -0.2) is 0 Å². The van der Waals surface area contributed by atoms with Crippen LogP contribution < -0.4 is 9.80 Å². The van der Waals surface area contributed by atoms with Crippen LogP contribution in [0.2, 0.25) is 0 Å². The summed E-state index contributed by atoms with van der Waals surface area (Å²) in [5.74, 6) is 0.559. The fourth-order valence-corrected chi connectivity index (χ4v) is 4.21. The van der Waals surface area contributed by atoms with E-state index in [9.17, 15) is 5.11 Å². The summed E-state index contributed by atoms with van der Waals surface area (Å²) in [6, 6.07) is 11.7. The molecule has 2 fully saturated rings. The number of nitrogens with one attached hydrogen (secondary N) is 2. The first-order chi connectivity index (χ1) is 10.3. The molecule has 1 unspecified atom stereocenters. The first-order valence-electron chi connectivity index (χ1n) is 8.68. The highest BCUT2D eigenvalue weighted by molar-refractivity contribution is 5.13. The number of piperidine rings is 2. The Hall–Kier alpha value is -0.900. The molecule has 116 valence electrons. The van der Waals surface area contributed by atoms with Gasteiger partial charge in [0.05, 0.1) is 38.8 Å². The molecule has 1 aromatic carbocycles. The minimum Gasteiger partial charge on any atom is -0.396 e. The van der Waals surface area contributed by atoms with Gasteiger partial charge in [0.15, 0.2) is 0 Å². The van der Waals surface area contributed by atoms with Crippen molar-refractivity contribution in [2.45, 2.75) is 38.3 Å². The lowest BCUT2D eigenvalue weighted by molar-refractivity contribution is -0.967. The minimum absolute atomic E-state index is 0.390. The van der Waals surface area contributed by atoms with Crippen molar-refractivity contribution in [3.05, 3.63) is 35.9 Å². The molecule has 2 aliphatic heterocycles. The molecule has 2 saturated heterocycles. The van der Waals surface area contributed by atoms with Gasteiger partial charge in [-0.15, -0.1) is 0 Å². The number of hydrogen-bond donors (Lipinski definition) is 3. The molecule has 0 radical (unpaired) electrons. The largest absolute Gasteiger partial charge is 0.396 e. The van der Waals surface area contributed by atoms with Crippen LogP contribution in [0.1, 0.15) is 31.2 Å². The second kappa shape index (κ2) is 7.39. The molecule has 0 saturated carbocycles. The van der Waals surface area contributed by atoms with Crippen LogP contribution in [0.5, 0.6) is 0 Å². The normalized spacial score (nSPS) is 33.8. The van der Waals surface area contributed by atoms with E-state index in [1.165, 1.54) is 64.0 Å². The summed E-state index contributed by atoms with van der Waals surface area (Å²) in [5.41, 5.74) is 1.47. The average Bonchev–Trinajstić information content (AvgIpc) is 2.56. The monoisotopic (exact) mass is 290 g/mol. The lowest BCUT2D eigenvalue weighted by Gasteiger charge is -2.38. The van der Waals surface area contributed by atoms with Crippen molar-refractivity contribution in [2.24, 2.45) is 5.92 Å². The molecule has 0 aliphatic carbocycles. The smallest absolute Gasteiger partial charge is 0.103 e. The quantitative estimate of drug-likeness (QED) is 0.687. The number of benzene rings is 1. The molecule has 2 heterocycles. The topological polar surface area (TPSA) is 29.1 Å². The van der Waals surface area contributed by atoms with E-state index in [-0.39, 0.29) is 0 Å². The predicted molar refractivity (Wildman–Crippen MR) is 84.4 cm³/mol. The minimum atomic E-state index is 0.390. The molecule has 0 aromatic heterocycles. The van der Waals surface area contributed by atoms with Crippen LogP contribution in [-0.2, 0) is 6.54 Å². The van der Waals surface area contributed by atoms with Crippen LogP contribution in [0.15, 0.2) is 30.3 Å². The van der Waals surface area contributed by atoms with Crippen LogP contribution in [0.25, 0.3) is 0 Å². The van der Waals surface area contributed by atoms with Crippen LogP contribution in [0.4, 0.5) is 0 Å². The van der Waals surface area contributed by atoms with Gasteiger partial charge in [0, 0.05) is 24.3 Å². The maximum absolute atomic E-state index is 9.40. The Kier molecular flexibility index (Phi) is 5.28. The van der Waals surface area contributed by atoms with E-state index in [2.05, 4.69) is 30.3 Å². The van der Waals surface area contributed by atoms with E-state index in [1.807, 2.05) is 0 Å². The zero-order valence-electron chi connectivity index (χ0n) is 13.1. The summed E-state index contributed by atoms with van der Waals surface area (Å²) in [4.78, 5) is 3.52. The summed E-state index contributed by atoms with van der Waals surface area (Å²) in [7, 11) is 0. The maximum atomic E-state index is 9.40. The van der Waals surface area contributed by atoms with Gasteiger partial charge in [-0.2, -0.15) is 0 Å². The SMILES string of the molecule is OC[C@H]1CCC[NH+](C2CC[NH+](Cc3ccccc3)CC2)C1. The van der Waals surface area contributed by atoms with Crippen molar-refractivity contribution in [1.29, 1.82) is 0 Å². The molecule has 3 nitrogen and oxygen atoms in total. The molecular formula is C18H30N2O+2. The molecule has 0 bridgehead atoms. The van der Waals surface area contributed by atoms with Gasteiger partial charge < -0.3 is 14.9 Å². The molecule has 21 heavy (non-hydrogen) atoms. The lowest BCUT2D eigenvalue weighted by atomic mass is 9.94. The molecular weight excluding hydrogens is 260 g/mol. The molecule has 0 amide bonds. The van der Waals surface area contributed by atoms with Crippen LogP contribution >= 0.6 is 0 Å². The van der Waals surface area contributed by atoms with Crippen LogP contribution in [0, 0.1) is 5.92 Å². The number of aliphatic hydroxyl groups excluding tert-OH is 1. The molecule has 3 heteroatoms. The zero-order chi connectivity index (χ0) is 14.5. The van der Waals surface area contributed by atoms with Gasteiger partial charge in [-0.3, -0.25) is 0 Å². The first kappa shape index (κ1) is 15.0. The van der Waals surface area contributed by atoms with Crippen molar-refractivity contribution in [2.75, 3.05) is 32.8 Å². The molecule has 1 aromatic rings. The van der Waals surface area contributed by atoms with Crippen molar-refractivity contribution in [1.82, 2.24) is 0 Å². The van der Waals surface area contributed by atoms with E-state index in [1.54, 1.807) is 9.80 Å². The van der Waals surface area contributed by atoms with E-state index < -0.39 is 0 Å². The highest BCUT2D eigenvalue weighted by atomic mass is 16.3. The number of rotatable bonds is 4. The Bertz CT molecular complexity index is 414. The van der Waals surface area contributed by atoms with E-state index >= 15 is 0 Å². The van der Waals surface area contributed by atoms with Gasteiger partial charge in [0.2, 0.25) is 0 Å². The summed E-state index contributed by atoms with van der Waals surface area (Å²) < 4.78 is 0. The summed E-state index contributed by atoms with van der Waals surface area (Å²) in [6.07, 6.45) is 5.25. The van der Waals surface area contributed by atoms with Gasteiger partial charge in [0.1, 0.15) is 6.54 Å². The molecule has 2 aliphatic rings. The van der Waals surface area contributed by atoms with Crippen molar-refractivity contribution in [3.8, 4) is 0 Å².